The molecule has 5 heteroatoms. The van der Waals surface area contributed by atoms with Gasteiger partial charge in [0, 0.05) is 23.4 Å². The minimum absolute atomic E-state index is 0.141. The number of rotatable bonds is 2. The zero-order valence-electron chi connectivity index (χ0n) is 12.0. The third-order valence-corrected chi connectivity index (χ3v) is 4.18. The third-order valence-electron chi connectivity index (χ3n) is 3.69. The van der Waals surface area contributed by atoms with Gasteiger partial charge in [-0.3, -0.25) is 4.79 Å². The average molecular weight is 359 g/mol. The van der Waals surface area contributed by atoms with E-state index in [1.165, 1.54) is 11.9 Å². The Labute approximate surface area is 137 Å². The summed E-state index contributed by atoms with van der Waals surface area (Å²) in [6, 6.07) is 14.8. The highest BCUT2D eigenvalue weighted by Gasteiger charge is 2.32. The molecule has 0 fully saturated rings. The maximum Gasteiger partial charge on any atom is 0.240 e. The molecular formula is C17H15BrN2O2. The molecule has 4 nitrogen and oxygen atoms in total. The van der Waals surface area contributed by atoms with Gasteiger partial charge < -0.3 is 5.11 Å². The highest BCUT2D eigenvalue weighted by atomic mass is 79.9. The largest absolute Gasteiger partial charge is 0.508 e. The number of hydrogen-bond donors (Lipinski definition) is 1. The van der Waals surface area contributed by atoms with E-state index in [1.54, 1.807) is 6.07 Å². The van der Waals surface area contributed by atoms with Gasteiger partial charge in [-0.2, -0.15) is 5.10 Å². The molecule has 0 saturated heterocycles. The van der Waals surface area contributed by atoms with Gasteiger partial charge in [0.25, 0.3) is 0 Å². The number of carbonyl (C=O) groups excluding carboxylic acids is 1. The Balaban J connectivity index is 1.98. The SMILES string of the molecule is CC(=O)N1N=C(c2ccccc2)CC1c1ccc(Br)cc1O. The minimum atomic E-state index is -0.277. The zero-order chi connectivity index (χ0) is 15.7. The van der Waals surface area contributed by atoms with Gasteiger partial charge in [0.05, 0.1) is 11.8 Å². The molecule has 1 aliphatic rings. The van der Waals surface area contributed by atoms with Crippen molar-refractivity contribution in [3.63, 3.8) is 0 Å². The normalized spacial score (nSPS) is 17.5. The Bertz CT molecular complexity index is 744. The van der Waals surface area contributed by atoms with Crippen LogP contribution in [0.4, 0.5) is 0 Å². The van der Waals surface area contributed by atoms with E-state index in [0.29, 0.717) is 12.0 Å². The third kappa shape index (κ3) is 2.76. The van der Waals surface area contributed by atoms with Gasteiger partial charge in [0.2, 0.25) is 5.91 Å². The van der Waals surface area contributed by atoms with Crippen molar-refractivity contribution in [2.75, 3.05) is 0 Å². The molecule has 22 heavy (non-hydrogen) atoms. The number of hydrogen-bond acceptors (Lipinski definition) is 3. The molecule has 3 rings (SSSR count). The number of amides is 1. The molecule has 0 aliphatic carbocycles. The van der Waals surface area contributed by atoms with E-state index in [1.807, 2.05) is 42.5 Å². The van der Waals surface area contributed by atoms with Crippen molar-refractivity contribution in [3.05, 3.63) is 64.1 Å². The fourth-order valence-electron chi connectivity index (χ4n) is 2.65. The first-order valence-electron chi connectivity index (χ1n) is 6.97. The Kier molecular flexibility index (Phi) is 3.98. The number of aromatic hydroxyl groups is 1. The van der Waals surface area contributed by atoms with Gasteiger partial charge in [-0.25, -0.2) is 5.01 Å². The topological polar surface area (TPSA) is 52.9 Å². The summed E-state index contributed by atoms with van der Waals surface area (Å²) in [4.78, 5) is 11.9. The van der Waals surface area contributed by atoms with Gasteiger partial charge >= 0.3 is 0 Å². The van der Waals surface area contributed by atoms with E-state index >= 15 is 0 Å². The molecule has 1 N–H and O–H groups in total. The number of benzene rings is 2. The summed E-state index contributed by atoms with van der Waals surface area (Å²) in [5.74, 6) is 0.0217. The van der Waals surface area contributed by atoms with Crippen LogP contribution in [-0.2, 0) is 4.79 Å². The molecule has 1 unspecified atom stereocenters. The van der Waals surface area contributed by atoms with Crippen molar-refractivity contribution in [2.24, 2.45) is 5.10 Å². The summed E-state index contributed by atoms with van der Waals surface area (Å²) in [7, 11) is 0. The monoisotopic (exact) mass is 358 g/mol. The molecule has 0 saturated carbocycles. The lowest BCUT2D eigenvalue weighted by Crippen LogP contribution is -2.24. The lowest BCUT2D eigenvalue weighted by molar-refractivity contribution is -0.130. The number of phenolic OH excluding ortho intramolecular Hbond substituents is 1. The second kappa shape index (κ2) is 5.93. The van der Waals surface area contributed by atoms with Gasteiger partial charge in [-0.15, -0.1) is 0 Å². The second-order valence-corrected chi connectivity index (χ2v) is 6.12. The van der Waals surface area contributed by atoms with Crippen molar-refractivity contribution in [2.45, 2.75) is 19.4 Å². The fraction of sp³-hybridized carbons (Fsp3) is 0.176. The molecule has 1 heterocycles. The van der Waals surface area contributed by atoms with Crippen molar-refractivity contribution in [1.29, 1.82) is 0 Å². The Hall–Kier alpha value is -2.14. The number of hydrazone groups is 1. The summed E-state index contributed by atoms with van der Waals surface area (Å²) >= 11 is 3.33. The predicted octanol–water partition coefficient (Wildman–Crippen LogP) is 3.85. The smallest absolute Gasteiger partial charge is 0.240 e. The van der Waals surface area contributed by atoms with E-state index in [9.17, 15) is 9.90 Å². The first kappa shape index (κ1) is 14.8. The molecule has 1 aliphatic heterocycles. The highest BCUT2D eigenvalue weighted by Crippen LogP contribution is 2.38. The molecule has 1 atom stereocenters. The number of phenols is 1. The summed E-state index contributed by atoms with van der Waals surface area (Å²) in [5, 5.41) is 16.1. The quantitative estimate of drug-likeness (QED) is 0.886. The molecular weight excluding hydrogens is 344 g/mol. The number of halogens is 1. The Morgan fingerprint density at radius 3 is 2.64 bits per heavy atom. The molecule has 0 radical (unpaired) electrons. The summed E-state index contributed by atoms with van der Waals surface area (Å²) in [6.45, 7) is 1.49. The van der Waals surface area contributed by atoms with Crippen LogP contribution in [0.15, 0.2) is 58.1 Å². The maximum atomic E-state index is 11.9. The first-order valence-corrected chi connectivity index (χ1v) is 7.76. The average Bonchev–Trinajstić information content (AvgIpc) is 2.93. The lowest BCUT2D eigenvalue weighted by atomic mass is 9.98. The van der Waals surface area contributed by atoms with Gasteiger partial charge in [-0.05, 0) is 17.7 Å². The molecule has 2 aromatic carbocycles. The van der Waals surface area contributed by atoms with Crippen LogP contribution in [-0.4, -0.2) is 21.7 Å². The molecule has 1 amide bonds. The van der Waals surface area contributed by atoms with Crippen LogP contribution in [0.3, 0.4) is 0 Å². The molecule has 0 aromatic heterocycles. The first-order chi connectivity index (χ1) is 10.6. The van der Waals surface area contributed by atoms with Crippen LogP contribution in [0.1, 0.15) is 30.5 Å². The van der Waals surface area contributed by atoms with E-state index < -0.39 is 0 Å². The van der Waals surface area contributed by atoms with E-state index in [0.717, 1.165) is 15.7 Å². The van der Waals surface area contributed by atoms with Crippen LogP contribution < -0.4 is 0 Å². The van der Waals surface area contributed by atoms with Crippen molar-refractivity contribution in [1.82, 2.24) is 5.01 Å². The van der Waals surface area contributed by atoms with E-state index in [-0.39, 0.29) is 17.7 Å². The van der Waals surface area contributed by atoms with Crippen LogP contribution in [0.25, 0.3) is 0 Å². The van der Waals surface area contributed by atoms with Gasteiger partial charge in [0.15, 0.2) is 0 Å². The van der Waals surface area contributed by atoms with Crippen molar-refractivity contribution in [3.8, 4) is 5.75 Å². The Morgan fingerprint density at radius 2 is 2.00 bits per heavy atom. The molecule has 0 bridgehead atoms. The minimum Gasteiger partial charge on any atom is -0.508 e. The Morgan fingerprint density at radius 1 is 1.27 bits per heavy atom. The predicted molar refractivity (Wildman–Crippen MR) is 88.7 cm³/mol. The van der Waals surface area contributed by atoms with Gasteiger partial charge in [0.1, 0.15) is 5.75 Å². The van der Waals surface area contributed by atoms with Crippen molar-refractivity contribution < 1.29 is 9.90 Å². The fourth-order valence-corrected chi connectivity index (χ4v) is 3.00. The maximum absolute atomic E-state index is 11.9. The zero-order valence-corrected chi connectivity index (χ0v) is 13.6. The lowest BCUT2D eigenvalue weighted by Gasteiger charge is -2.21. The second-order valence-electron chi connectivity index (χ2n) is 5.20. The standard InChI is InChI=1S/C17H15BrN2O2/c1-11(21)20-16(14-8-7-13(18)9-17(14)22)10-15(19-20)12-5-3-2-4-6-12/h2-9,16,22H,10H2,1H3. The van der Waals surface area contributed by atoms with Crippen LogP contribution in [0, 0.1) is 0 Å². The van der Waals surface area contributed by atoms with Crippen LogP contribution in [0.2, 0.25) is 0 Å². The molecule has 112 valence electrons. The van der Waals surface area contributed by atoms with E-state index in [4.69, 9.17) is 0 Å². The van der Waals surface area contributed by atoms with Gasteiger partial charge in [-0.1, -0.05) is 52.3 Å². The summed E-state index contributed by atoms with van der Waals surface area (Å²) < 4.78 is 0.797. The number of nitrogens with zero attached hydrogens (tertiary/aromatic N) is 2. The number of carbonyl (C=O) groups is 1. The summed E-state index contributed by atoms with van der Waals surface area (Å²) in [5.41, 5.74) is 2.55. The molecule has 0 spiro atoms. The molecule has 2 aromatic rings. The van der Waals surface area contributed by atoms with E-state index in [2.05, 4.69) is 21.0 Å². The highest BCUT2D eigenvalue weighted by molar-refractivity contribution is 9.10. The van der Waals surface area contributed by atoms with Crippen LogP contribution >= 0.6 is 15.9 Å². The summed E-state index contributed by atoms with van der Waals surface area (Å²) in [6.07, 6.45) is 0.582. The van der Waals surface area contributed by atoms with Crippen molar-refractivity contribution >= 4 is 27.5 Å². The van der Waals surface area contributed by atoms with Crippen LogP contribution in [0.5, 0.6) is 5.75 Å².